The summed E-state index contributed by atoms with van der Waals surface area (Å²) in [5.74, 6) is 0. The summed E-state index contributed by atoms with van der Waals surface area (Å²) in [6.45, 7) is 2.85. The van der Waals surface area contributed by atoms with Crippen LogP contribution in [0.15, 0.2) is 48.5 Å². The van der Waals surface area contributed by atoms with Crippen molar-refractivity contribution in [3.63, 3.8) is 0 Å². The summed E-state index contributed by atoms with van der Waals surface area (Å²) in [6, 6.07) is 17.0. The van der Waals surface area contributed by atoms with Crippen LogP contribution in [-0.4, -0.2) is 21.8 Å². The second-order valence-corrected chi connectivity index (χ2v) is 6.10. The number of rotatable bonds is 5. The topological polar surface area (TPSA) is 51.2 Å². The molecule has 3 nitrogen and oxygen atoms in total. The van der Waals surface area contributed by atoms with Crippen molar-refractivity contribution in [1.82, 2.24) is 4.57 Å². The molecule has 1 heterocycles. The monoisotopic (exact) mass is 282 g/mol. The fraction of sp³-hybridized carbons (Fsp3) is 0.333. The van der Waals surface area contributed by atoms with Gasteiger partial charge < -0.3 is 15.4 Å². The lowest BCUT2D eigenvalue weighted by Gasteiger charge is -2.21. The van der Waals surface area contributed by atoms with Crippen molar-refractivity contribution in [3.8, 4) is 0 Å². The Morgan fingerprint density at radius 2 is 1.52 bits per heavy atom. The van der Waals surface area contributed by atoms with Gasteiger partial charge in [0, 0.05) is 33.9 Å². The highest BCUT2D eigenvalue weighted by Crippen LogP contribution is 2.29. The molecular formula is C18H22N2O. The van der Waals surface area contributed by atoms with Gasteiger partial charge in [0.25, 0.3) is 0 Å². The first-order valence-electron chi connectivity index (χ1n) is 7.48. The van der Waals surface area contributed by atoms with Gasteiger partial charge in [0.05, 0.1) is 6.61 Å². The van der Waals surface area contributed by atoms with Crippen molar-refractivity contribution in [2.75, 3.05) is 6.61 Å². The van der Waals surface area contributed by atoms with Crippen LogP contribution in [0.25, 0.3) is 21.8 Å². The summed E-state index contributed by atoms with van der Waals surface area (Å²) in [4.78, 5) is 0. The van der Waals surface area contributed by atoms with Gasteiger partial charge in [0.1, 0.15) is 0 Å². The molecule has 3 aromatic rings. The van der Waals surface area contributed by atoms with Gasteiger partial charge in [-0.05, 0) is 31.9 Å². The molecule has 0 aliphatic carbocycles. The quantitative estimate of drug-likeness (QED) is 0.754. The number of aryl methyl sites for hydroxylation is 1. The predicted octanol–water partition coefficient (Wildman–Crippen LogP) is 3.28. The third-order valence-corrected chi connectivity index (χ3v) is 4.17. The Balaban J connectivity index is 1.96. The van der Waals surface area contributed by atoms with E-state index >= 15 is 0 Å². The average molecular weight is 282 g/mol. The number of aromatic nitrogens is 1. The second kappa shape index (κ2) is 5.51. The molecule has 0 bridgehead atoms. The van der Waals surface area contributed by atoms with Crippen LogP contribution in [0.4, 0.5) is 0 Å². The predicted molar refractivity (Wildman–Crippen MR) is 88.4 cm³/mol. The molecule has 3 heteroatoms. The smallest absolute Gasteiger partial charge is 0.0608 e. The summed E-state index contributed by atoms with van der Waals surface area (Å²) in [7, 11) is 0. The minimum Gasteiger partial charge on any atom is -0.394 e. The number of nitrogens with two attached hydrogens (primary N) is 1. The van der Waals surface area contributed by atoms with Crippen LogP contribution in [-0.2, 0) is 6.54 Å². The van der Waals surface area contributed by atoms with E-state index in [1.54, 1.807) is 0 Å². The molecule has 0 aliphatic rings. The number of nitrogens with zero attached hydrogens (tertiary/aromatic N) is 1. The molecule has 2 aromatic carbocycles. The molecule has 21 heavy (non-hydrogen) atoms. The highest BCUT2D eigenvalue weighted by molar-refractivity contribution is 6.07. The maximum absolute atomic E-state index is 9.26. The molecule has 1 unspecified atom stereocenters. The van der Waals surface area contributed by atoms with Gasteiger partial charge in [0.15, 0.2) is 0 Å². The Kier molecular flexibility index (Phi) is 3.70. The number of aliphatic hydroxyl groups excluding tert-OH is 1. The molecule has 0 fully saturated rings. The standard InChI is InChI=1S/C18H22N2O/c1-18(19,13-21)11-6-12-20-16-9-4-2-7-14(16)15-8-3-5-10-17(15)20/h2-5,7-10,21H,6,11-13,19H2,1H3. The van der Waals surface area contributed by atoms with E-state index < -0.39 is 5.54 Å². The summed E-state index contributed by atoms with van der Waals surface area (Å²) in [6.07, 6.45) is 1.76. The van der Waals surface area contributed by atoms with Crippen molar-refractivity contribution in [2.45, 2.75) is 31.8 Å². The SMILES string of the molecule is CC(N)(CO)CCCn1c2ccccc2c2ccccc21. The largest absolute Gasteiger partial charge is 0.394 e. The Labute approximate surface area is 125 Å². The van der Waals surface area contributed by atoms with Gasteiger partial charge in [0.2, 0.25) is 0 Å². The van der Waals surface area contributed by atoms with Gasteiger partial charge in [-0.25, -0.2) is 0 Å². The van der Waals surface area contributed by atoms with Crippen LogP contribution in [0.1, 0.15) is 19.8 Å². The lowest BCUT2D eigenvalue weighted by Crippen LogP contribution is -2.40. The summed E-state index contributed by atoms with van der Waals surface area (Å²) in [5.41, 5.74) is 8.06. The Bertz CT molecular complexity index is 705. The number of aliphatic hydroxyl groups is 1. The van der Waals surface area contributed by atoms with Crippen molar-refractivity contribution in [3.05, 3.63) is 48.5 Å². The molecular weight excluding hydrogens is 260 g/mol. The van der Waals surface area contributed by atoms with Gasteiger partial charge in [-0.1, -0.05) is 36.4 Å². The maximum Gasteiger partial charge on any atom is 0.0608 e. The van der Waals surface area contributed by atoms with Gasteiger partial charge in [-0.15, -0.1) is 0 Å². The zero-order chi connectivity index (χ0) is 14.9. The van der Waals surface area contributed by atoms with Crippen LogP contribution < -0.4 is 5.73 Å². The van der Waals surface area contributed by atoms with E-state index in [1.165, 1.54) is 21.8 Å². The Morgan fingerprint density at radius 1 is 1.00 bits per heavy atom. The molecule has 110 valence electrons. The third kappa shape index (κ3) is 2.67. The number of para-hydroxylation sites is 2. The van der Waals surface area contributed by atoms with E-state index in [1.807, 2.05) is 6.92 Å². The molecule has 0 radical (unpaired) electrons. The maximum atomic E-state index is 9.26. The van der Waals surface area contributed by atoms with Crippen LogP contribution in [0, 0.1) is 0 Å². The number of benzene rings is 2. The Morgan fingerprint density at radius 3 is 2.05 bits per heavy atom. The lowest BCUT2D eigenvalue weighted by molar-refractivity contribution is 0.197. The van der Waals surface area contributed by atoms with Crippen molar-refractivity contribution < 1.29 is 5.11 Å². The van der Waals surface area contributed by atoms with E-state index in [4.69, 9.17) is 5.73 Å². The van der Waals surface area contributed by atoms with E-state index in [0.29, 0.717) is 0 Å². The van der Waals surface area contributed by atoms with Gasteiger partial charge in [-0.3, -0.25) is 0 Å². The van der Waals surface area contributed by atoms with Crippen LogP contribution >= 0.6 is 0 Å². The zero-order valence-corrected chi connectivity index (χ0v) is 12.4. The molecule has 1 atom stereocenters. The minimum atomic E-state index is -0.487. The van der Waals surface area contributed by atoms with Crippen LogP contribution in [0.2, 0.25) is 0 Å². The molecule has 0 spiro atoms. The fourth-order valence-corrected chi connectivity index (χ4v) is 2.96. The third-order valence-electron chi connectivity index (χ3n) is 4.17. The van der Waals surface area contributed by atoms with E-state index in [-0.39, 0.29) is 6.61 Å². The molecule has 0 saturated carbocycles. The van der Waals surface area contributed by atoms with E-state index in [2.05, 4.69) is 53.1 Å². The van der Waals surface area contributed by atoms with Crippen LogP contribution in [0.3, 0.4) is 0 Å². The molecule has 0 amide bonds. The van der Waals surface area contributed by atoms with E-state index in [0.717, 1.165) is 19.4 Å². The first-order valence-corrected chi connectivity index (χ1v) is 7.48. The average Bonchev–Trinajstić information content (AvgIpc) is 2.82. The first-order chi connectivity index (χ1) is 10.1. The summed E-state index contributed by atoms with van der Waals surface area (Å²) >= 11 is 0. The summed E-state index contributed by atoms with van der Waals surface area (Å²) < 4.78 is 2.36. The minimum absolute atomic E-state index is 0.0280. The van der Waals surface area contributed by atoms with Crippen LogP contribution in [0.5, 0.6) is 0 Å². The highest BCUT2D eigenvalue weighted by atomic mass is 16.3. The number of fused-ring (bicyclic) bond motifs is 3. The second-order valence-electron chi connectivity index (χ2n) is 6.10. The molecule has 3 rings (SSSR count). The van der Waals surface area contributed by atoms with E-state index in [9.17, 15) is 5.11 Å². The fourth-order valence-electron chi connectivity index (χ4n) is 2.96. The molecule has 1 aromatic heterocycles. The van der Waals surface area contributed by atoms with Crippen molar-refractivity contribution in [2.24, 2.45) is 5.73 Å². The molecule has 3 N–H and O–H groups in total. The number of hydrogen-bond donors (Lipinski definition) is 2. The highest BCUT2D eigenvalue weighted by Gasteiger charge is 2.17. The molecule has 0 aliphatic heterocycles. The first kappa shape index (κ1) is 14.1. The van der Waals surface area contributed by atoms with Crippen molar-refractivity contribution in [1.29, 1.82) is 0 Å². The lowest BCUT2D eigenvalue weighted by atomic mass is 9.98. The van der Waals surface area contributed by atoms with Gasteiger partial charge in [-0.2, -0.15) is 0 Å². The summed E-state index contributed by atoms with van der Waals surface area (Å²) in [5, 5.41) is 11.9. The van der Waals surface area contributed by atoms with Gasteiger partial charge >= 0.3 is 0 Å². The van der Waals surface area contributed by atoms with Crippen molar-refractivity contribution >= 4 is 21.8 Å². The molecule has 0 saturated heterocycles. The Hall–Kier alpha value is -1.84. The number of hydrogen-bond acceptors (Lipinski definition) is 2. The zero-order valence-electron chi connectivity index (χ0n) is 12.4. The normalized spacial score (nSPS) is 14.6.